The fourth-order valence-corrected chi connectivity index (χ4v) is 2.25. The van der Waals surface area contributed by atoms with E-state index in [9.17, 15) is 9.90 Å². The minimum absolute atomic E-state index is 0.550. The molecule has 0 amide bonds. The van der Waals surface area contributed by atoms with E-state index in [4.69, 9.17) is 0 Å². The molecule has 0 saturated heterocycles. The molecule has 2 aromatic rings. The molecule has 0 saturated carbocycles. The van der Waals surface area contributed by atoms with Gasteiger partial charge in [0.15, 0.2) is 0 Å². The predicted molar refractivity (Wildman–Crippen MR) is 77.6 cm³/mol. The highest BCUT2D eigenvalue weighted by atomic mass is 32.2. The van der Waals surface area contributed by atoms with Crippen LogP contribution in [0.15, 0.2) is 30.6 Å². The zero-order chi connectivity index (χ0) is 13.7. The average Bonchev–Trinajstić information content (AvgIpc) is 2.43. The molecule has 0 aliphatic rings. The number of para-hydroxylation sites is 1. The summed E-state index contributed by atoms with van der Waals surface area (Å²) >= 11 is 1.63. The Bertz CT molecular complexity index is 571. The molecule has 0 bridgehead atoms. The fraction of sp³-hybridized carbons (Fsp3) is 0.308. The lowest BCUT2D eigenvalue weighted by molar-refractivity contribution is -0.137. The standard InChI is InChI=1S/C13H15N3O2S/c1-19-7-6-11(13(17)18)16-12-9-4-2-3-5-10(9)14-8-15-12/h2-5,8,11H,6-7H2,1H3,(H,17,18)(H,14,15,16)/t11-/m0/s1. The molecular formula is C13H15N3O2S. The molecule has 19 heavy (non-hydrogen) atoms. The van der Waals surface area contributed by atoms with E-state index in [1.807, 2.05) is 30.5 Å². The lowest BCUT2D eigenvalue weighted by Gasteiger charge is -2.15. The predicted octanol–water partition coefficient (Wildman–Crippen LogP) is 2.25. The van der Waals surface area contributed by atoms with Crippen molar-refractivity contribution in [3.05, 3.63) is 30.6 Å². The molecular weight excluding hydrogens is 262 g/mol. The van der Waals surface area contributed by atoms with Crippen molar-refractivity contribution in [3.8, 4) is 0 Å². The van der Waals surface area contributed by atoms with E-state index in [0.29, 0.717) is 12.2 Å². The molecule has 1 aromatic heterocycles. The molecule has 0 radical (unpaired) electrons. The number of thioether (sulfide) groups is 1. The molecule has 0 unspecified atom stereocenters. The van der Waals surface area contributed by atoms with Crippen molar-refractivity contribution >= 4 is 34.5 Å². The third-order valence-corrected chi connectivity index (χ3v) is 3.41. The van der Waals surface area contributed by atoms with Gasteiger partial charge in [-0.3, -0.25) is 0 Å². The van der Waals surface area contributed by atoms with E-state index < -0.39 is 12.0 Å². The molecule has 0 fully saturated rings. The summed E-state index contributed by atoms with van der Waals surface area (Å²) in [5, 5.41) is 13.0. The number of hydrogen-bond acceptors (Lipinski definition) is 5. The Balaban J connectivity index is 2.26. The zero-order valence-electron chi connectivity index (χ0n) is 10.5. The minimum Gasteiger partial charge on any atom is -0.480 e. The second-order valence-corrected chi connectivity index (χ2v) is 5.04. The van der Waals surface area contributed by atoms with Gasteiger partial charge in [-0.15, -0.1) is 0 Å². The maximum atomic E-state index is 11.2. The van der Waals surface area contributed by atoms with Crippen molar-refractivity contribution in [2.75, 3.05) is 17.3 Å². The molecule has 0 aliphatic carbocycles. The van der Waals surface area contributed by atoms with Crippen LogP contribution in [0.3, 0.4) is 0 Å². The maximum absolute atomic E-state index is 11.2. The number of hydrogen-bond donors (Lipinski definition) is 2. The summed E-state index contributed by atoms with van der Waals surface area (Å²) in [6.07, 6.45) is 3.95. The van der Waals surface area contributed by atoms with E-state index in [0.717, 1.165) is 16.7 Å². The normalized spacial score (nSPS) is 12.3. The largest absolute Gasteiger partial charge is 0.480 e. The van der Waals surface area contributed by atoms with E-state index in [-0.39, 0.29) is 0 Å². The van der Waals surface area contributed by atoms with E-state index in [1.54, 1.807) is 11.8 Å². The van der Waals surface area contributed by atoms with Crippen molar-refractivity contribution in [1.82, 2.24) is 9.97 Å². The monoisotopic (exact) mass is 277 g/mol. The first-order chi connectivity index (χ1) is 9.22. The molecule has 5 nitrogen and oxygen atoms in total. The highest BCUT2D eigenvalue weighted by Gasteiger charge is 2.18. The quantitative estimate of drug-likeness (QED) is 0.843. The number of anilines is 1. The smallest absolute Gasteiger partial charge is 0.326 e. The summed E-state index contributed by atoms with van der Waals surface area (Å²) < 4.78 is 0. The van der Waals surface area contributed by atoms with Crippen LogP contribution in [0, 0.1) is 0 Å². The van der Waals surface area contributed by atoms with E-state index in [1.165, 1.54) is 6.33 Å². The Kier molecular flexibility index (Phi) is 4.57. The van der Waals surface area contributed by atoms with Gasteiger partial charge >= 0.3 is 5.97 Å². The van der Waals surface area contributed by atoms with Crippen molar-refractivity contribution in [3.63, 3.8) is 0 Å². The number of carbonyl (C=O) groups is 1. The lowest BCUT2D eigenvalue weighted by Crippen LogP contribution is -2.30. The van der Waals surface area contributed by atoms with Gasteiger partial charge < -0.3 is 10.4 Å². The Hall–Kier alpha value is -1.82. The number of aliphatic carboxylic acids is 1. The van der Waals surface area contributed by atoms with Crippen LogP contribution < -0.4 is 5.32 Å². The van der Waals surface area contributed by atoms with Gasteiger partial charge in [0.25, 0.3) is 0 Å². The summed E-state index contributed by atoms with van der Waals surface area (Å²) in [6, 6.07) is 6.90. The number of fused-ring (bicyclic) bond motifs is 1. The SMILES string of the molecule is CSCC[C@H](Nc1ncnc2ccccc12)C(=O)O. The van der Waals surface area contributed by atoms with Gasteiger partial charge in [-0.05, 0) is 30.6 Å². The first kappa shape index (κ1) is 13.6. The molecule has 0 spiro atoms. The average molecular weight is 277 g/mol. The molecule has 1 aromatic carbocycles. The minimum atomic E-state index is -0.864. The van der Waals surface area contributed by atoms with Crippen molar-refractivity contribution in [1.29, 1.82) is 0 Å². The first-order valence-corrected chi connectivity index (χ1v) is 7.30. The lowest BCUT2D eigenvalue weighted by atomic mass is 10.2. The van der Waals surface area contributed by atoms with Gasteiger partial charge in [-0.25, -0.2) is 14.8 Å². The summed E-state index contributed by atoms with van der Waals surface area (Å²) in [7, 11) is 0. The van der Waals surface area contributed by atoms with Crippen LogP contribution >= 0.6 is 11.8 Å². The molecule has 0 aliphatic heterocycles. The second-order valence-electron chi connectivity index (χ2n) is 4.06. The number of aromatic nitrogens is 2. The Morgan fingerprint density at radius 3 is 2.95 bits per heavy atom. The summed E-state index contributed by atoms with van der Waals surface area (Å²) in [5.74, 6) is 0.489. The molecule has 6 heteroatoms. The van der Waals surface area contributed by atoms with Gasteiger partial charge in [-0.1, -0.05) is 12.1 Å². The van der Waals surface area contributed by atoms with Crippen LogP contribution in [0.25, 0.3) is 10.9 Å². The van der Waals surface area contributed by atoms with Crippen LogP contribution in [0.4, 0.5) is 5.82 Å². The summed E-state index contributed by atoms with van der Waals surface area (Å²) in [4.78, 5) is 19.5. The van der Waals surface area contributed by atoms with E-state index >= 15 is 0 Å². The number of nitrogens with one attached hydrogen (secondary N) is 1. The van der Waals surface area contributed by atoms with Gasteiger partial charge in [0, 0.05) is 5.39 Å². The molecule has 1 heterocycles. The third kappa shape index (κ3) is 3.35. The molecule has 2 N–H and O–H groups in total. The highest BCUT2D eigenvalue weighted by Crippen LogP contribution is 2.20. The van der Waals surface area contributed by atoms with Crippen molar-refractivity contribution < 1.29 is 9.90 Å². The van der Waals surface area contributed by atoms with Gasteiger partial charge in [-0.2, -0.15) is 11.8 Å². The van der Waals surface area contributed by atoms with Crippen molar-refractivity contribution in [2.24, 2.45) is 0 Å². The molecule has 100 valence electrons. The van der Waals surface area contributed by atoms with Crippen LogP contribution in [0.5, 0.6) is 0 Å². The van der Waals surface area contributed by atoms with Crippen LogP contribution in [-0.2, 0) is 4.79 Å². The topological polar surface area (TPSA) is 75.1 Å². The van der Waals surface area contributed by atoms with Crippen LogP contribution in [0.2, 0.25) is 0 Å². The zero-order valence-corrected chi connectivity index (χ0v) is 11.4. The number of carboxylic acid groups (broad SMARTS) is 1. The Morgan fingerprint density at radius 2 is 2.21 bits per heavy atom. The second kappa shape index (κ2) is 6.38. The van der Waals surface area contributed by atoms with Gasteiger partial charge in [0.05, 0.1) is 5.52 Å². The van der Waals surface area contributed by atoms with Crippen LogP contribution in [-0.4, -0.2) is 39.1 Å². The third-order valence-electron chi connectivity index (χ3n) is 2.76. The fourth-order valence-electron chi connectivity index (χ4n) is 1.78. The summed E-state index contributed by atoms with van der Waals surface area (Å²) in [6.45, 7) is 0. The Morgan fingerprint density at radius 1 is 1.42 bits per heavy atom. The van der Waals surface area contributed by atoms with Gasteiger partial charge in [0.1, 0.15) is 18.2 Å². The highest BCUT2D eigenvalue weighted by molar-refractivity contribution is 7.98. The molecule has 1 atom stereocenters. The Labute approximate surface area is 115 Å². The van der Waals surface area contributed by atoms with Crippen LogP contribution in [0.1, 0.15) is 6.42 Å². The maximum Gasteiger partial charge on any atom is 0.326 e. The summed E-state index contributed by atoms with van der Waals surface area (Å²) in [5.41, 5.74) is 0.800. The molecule has 2 rings (SSSR count). The number of benzene rings is 1. The van der Waals surface area contributed by atoms with Crippen molar-refractivity contribution in [2.45, 2.75) is 12.5 Å². The number of nitrogens with zero attached hydrogens (tertiary/aromatic N) is 2. The van der Waals surface area contributed by atoms with Gasteiger partial charge in [0.2, 0.25) is 0 Å². The number of rotatable bonds is 6. The van der Waals surface area contributed by atoms with E-state index in [2.05, 4.69) is 15.3 Å². The first-order valence-electron chi connectivity index (χ1n) is 5.90. The number of carboxylic acids is 1.